The summed E-state index contributed by atoms with van der Waals surface area (Å²) in [5.41, 5.74) is 0.270. The van der Waals surface area contributed by atoms with Crippen LogP contribution in [0.5, 0.6) is 0 Å². The van der Waals surface area contributed by atoms with Gasteiger partial charge < -0.3 is 10.0 Å². The summed E-state index contributed by atoms with van der Waals surface area (Å²) in [5.74, 6) is -1.86. The molecule has 9 heteroatoms. The second kappa shape index (κ2) is 6.71. The van der Waals surface area contributed by atoms with Gasteiger partial charge in [0.15, 0.2) is 5.69 Å². The maximum absolute atomic E-state index is 12.6. The number of carbonyl (C=O) groups is 2. The monoisotopic (exact) mass is 344 g/mol. The quantitative estimate of drug-likeness (QED) is 0.666. The van der Waals surface area contributed by atoms with E-state index >= 15 is 0 Å². The van der Waals surface area contributed by atoms with Crippen molar-refractivity contribution in [3.05, 3.63) is 52.3 Å². The standard InChI is InChI=1S/C16H16N4O5/c21-15(18-8-3-4-11(10-18)16(22)23)12-7-9-19(17-12)13-5-1-2-6-14(13)20(24)25/h1-2,5-7,9,11H,3-4,8,10H2,(H,22,23)/t11-/m0/s1. The Morgan fingerprint density at radius 3 is 2.76 bits per heavy atom. The lowest BCUT2D eigenvalue weighted by Gasteiger charge is -2.30. The predicted molar refractivity (Wildman–Crippen MR) is 86.5 cm³/mol. The van der Waals surface area contributed by atoms with Crippen molar-refractivity contribution in [2.75, 3.05) is 13.1 Å². The van der Waals surface area contributed by atoms with E-state index in [1.165, 1.54) is 27.9 Å². The third-order valence-corrected chi connectivity index (χ3v) is 4.19. The molecule has 1 fully saturated rings. The number of aromatic nitrogens is 2. The summed E-state index contributed by atoms with van der Waals surface area (Å²) >= 11 is 0. The van der Waals surface area contributed by atoms with E-state index in [1.807, 2.05) is 0 Å². The highest BCUT2D eigenvalue weighted by atomic mass is 16.6. The molecule has 1 aliphatic heterocycles. The fourth-order valence-electron chi connectivity index (χ4n) is 2.91. The predicted octanol–water partition coefficient (Wildman–Crippen LogP) is 1.72. The van der Waals surface area contributed by atoms with Gasteiger partial charge in [0.2, 0.25) is 0 Å². The molecule has 2 aromatic rings. The molecule has 130 valence electrons. The van der Waals surface area contributed by atoms with Gasteiger partial charge >= 0.3 is 5.97 Å². The number of benzene rings is 1. The van der Waals surface area contributed by atoms with Crippen molar-refractivity contribution in [3.8, 4) is 5.69 Å². The Hall–Kier alpha value is -3.23. The van der Waals surface area contributed by atoms with Crippen LogP contribution >= 0.6 is 0 Å². The third kappa shape index (κ3) is 3.35. The van der Waals surface area contributed by atoms with Gasteiger partial charge in [0.25, 0.3) is 11.6 Å². The summed E-state index contributed by atoms with van der Waals surface area (Å²) in [6.45, 7) is 0.619. The van der Waals surface area contributed by atoms with Gasteiger partial charge in [-0.05, 0) is 25.0 Å². The Kier molecular flexibility index (Phi) is 4.46. The SMILES string of the molecule is O=C(O)[C@H]1CCCN(C(=O)c2ccn(-c3ccccc3[N+](=O)[O-])n2)C1. The second-order valence-electron chi connectivity index (χ2n) is 5.82. The number of nitrogens with zero attached hydrogens (tertiary/aromatic N) is 4. The van der Waals surface area contributed by atoms with E-state index in [4.69, 9.17) is 5.11 Å². The molecule has 1 aromatic heterocycles. The summed E-state index contributed by atoms with van der Waals surface area (Å²) in [4.78, 5) is 35.8. The van der Waals surface area contributed by atoms with Gasteiger partial charge in [-0.15, -0.1) is 0 Å². The number of nitro benzene ring substituents is 1. The fourth-order valence-corrected chi connectivity index (χ4v) is 2.91. The van der Waals surface area contributed by atoms with Gasteiger partial charge in [-0.25, -0.2) is 4.68 Å². The molecule has 9 nitrogen and oxygen atoms in total. The summed E-state index contributed by atoms with van der Waals surface area (Å²) in [6, 6.07) is 7.58. The smallest absolute Gasteiger partial charge is 0.308 e. The maximum Gasteiger partial charge on any atom is 0.308 e. The number of hydrogen-bond acceptors (Lipinski definition) is 5. The Morgan fingerprint density at radius 1 is 1.28 bits per heavy atom. The normalized spacial score (nSPS) is 17.3. The molecular weight excluding hydrogens is 328 g/mol. The van der Waals surface area contributed by atoms with Crippen molar-refractivity contribution < 1.29 is 19.6 Å². The summed E-state index contributed by atoms with van der Waals surface area (Å²) in [5, 5.41) is 24.4. The van der Waals surface area contributed by atoms with Crippen molar-refractivity contribution >= 4 is 17.6 Å². The Bertz CT molecular complexity index is 831. The minimum Gasteiger partial charge on any atom is -0.481 e. The van der Waals surface area contributed by atoms with E-state index in [0.717, 1.165) is 0 Å². The molecule has 1 atom stereocenters. The zero-order chi connectivity index (χ0) is 18.0. The van der Waals surface area contributed by atoms with Gasteiger partial charge in [0.1, 0.15) is 5.69 Å². The van der Waals surface area contributed by atoms with Crippen LogP contribution in [-0.2, 0) is 4.79 Å². The number of likely N-dealkylation sites (tertiary alicyclic amines) is 1. The molecule has 1 aliphatic rings. The molecule has 1 N–H and O–H groups in total. The van der Waals surface area contributed by atoms with E-state index in [9.17, 15) is 19.7 Å². The topological polar surface area (TPSA) is 119 Å². The molecule has 25 heavy (non-hydrogen) atoms. The number of piperidine rings is 1. The molecule has 1 amide bonds. The number of hydrogen-bond donors (Lipinski definition) is 1. The zero-order valence-electron chi connectivity index (χ0n) is 13.2. The number of nitro groups is 1. The number of aliphatic carboxylic acids is 1. The molecule has 0 radical (unpaired) electrons. The highest BCUT2D eigenvalue weighted by Crippen LogP contribution is 2.23. The first-order valence-electron chi connectivity index (χ1n) is 7.79. The van der Waals surface area contributed by atoms with Gasteiger partial charge in [-0.3, -0.25) is 19.7 Å². The fraction of sp³-hybridized carbons (Fsp3) is 0.312. The molecule has 0 spiro atoms. The van der Waals surface area contributed by atoms with Crippen LogP contribution in [0.3, 0.4) is 0 Å². The minimum atomic E-state index is -0.914. The van der Waals surface area contributed by atoms with Crippen LogP contribution in [0.4, 0.5) is 5.69 Å². The Labute approximate surface area is 142 Å². The number of carbonyl (C=O) groups excluding carboxylic acids is 1. The lowest BCUT2D eigenvalue weighted by atomic mass is 9.98. The average Bonchev–Trinajstić information content (AvgIpc) is 3.11. The van der Waals surface area contributed by atoms with Crippen LogP contribution in [0.1, 0.15) is 23.3 Å². The Morgan fingerprint density at radius 2 is 2.04 bits per heavy atom. The van der Waals surface area contributed by atoms with Gasteiger partial charge in [-0.1, -0.05) is 12.1 Å². The van der Waals surface area contributed by atoms with E-state index in [-0.39, 0.29) is 29.5 Å². The van der Waals surface area contributed by atoms with Gasteiger partial charge in [0.05, 0.1) is 10.8 Å². The van der Waals surface area contributed by atoms with E-state index < -0.39 is 16.8 Å². The highest BCUT2D eigenvalue weighted by Gasteiger charge is 2.29. The van der Waals surface area contributed by atoms with Crippen molar-refractivity contribution in [2.24, 2.45) is 5.92 Å². The average molecular weight is 344 g/mol. The second-order valence-corrected chi connectivity index (χ2v) is 5.82. The molecule has 3 rings (SSSR count). The first-order valence-corrected chi connectivity index (χ1v) is 7.79. The van der Waals surface area contributed by atoms with Crippen molar-refractivity contribution in [1.29, 1.82) is 0 Å². The molecule has 2 heterocycles. The van der Waals surface area contributed by atoms with Crippen LogP contribution in [0.15, 0.2) is 36.5 Å². The first-order chi connectivity index (χ1) is 12.0. The zero-order valence-corrected chi connectivity index (χ0v) is 13.2. The van der Waals surface area contributed by atoms with E-state index in [2.05, 4.69) is 5.10 Å². The maximum atomic E-state index is 12.6. The van der Waals surface area contributed by atoms with Gasteiger partial charge in [0, 0.05) is 25.4 Å². The number of amides is 1. The number of para-hydroxylation sites is 2. The molecule has 0 aliphatic carbocycles. The van der Waals surface area contributed by atoms with Crippen LogP contribution in [0.25, 0.3) is 5.69 Å². The van der Waals surface area contributed by atoms with Crippen molar-refractivity contribution in [2.45, 2.75) is 12.8 Å². The first kappa shape index (κ1) is 16.6. The number of rotatable bonds is 4. The van der Waals surface area contributed by atoms with Gasteiger partial charge in [-0.2, -0.15) is 5.10 Å². The lowest BCUT2D eigenvalue weighted by Crippen LogP contribution is -2.42. The van der Waals surface area contributed by atoms with Crippen molar-refractivity contribution in [3.63, 3.8) is 0 Å². The molecular formula is C16H16N4O5. The number of carboxylic acid groups (broad SMARTS) is 1. The number of carboxylic acids is 1. The third-order valence-electron chi connectivity index (χ3n) is 4.19. The molecule has 1 aromatic carbocycles. The largest absolute Gasteiger partial charge is 0.481 e. The highest BCUT2D eigenvalue weighted by molar-refractivity contribution is 5.92. The van der Waals surface area contributed by atoms with E-state index in [1.54, 1.807) is 18.2 Å². The van der Waals surface area contributed by atoms with E-state index in [0.29, 0.717) is 19.4 Å². The summed E-state index contributed by atoms with van der Waals surface area (Å²) < 4.78 is 1.28. The van der Waals surface area contributed by atoms with Crippen LogP contribution < -0.4 is 0 Å². The molecule has 0 saturated carbocycles. The molecule has 1 saturated heterocycles. The van der Waals surface area contributed by atoms with Crippen LogP contribution in [0.2, 0.25) is 0 Å². The van der Waals surface area contributed by atoms with Crippen molar-refractivity contribution in [1.82, 2.24) is 14.7 Å². The lowest BCUT2D eigenvalue weighted by molar-refractivity contribution is -0.384. The Balaban J connectivity index is 1.83. The molecule has 0 bridgehead atoms. The van der Waals surface area contributed by atoms with Crippen LogP contribution in [0, 0.1) is 16.0 Å². The summed E-state index contributed by atoms with van der Waals surface area (Å²) in [6.07, 6.45) is 2.64. The van der Waals surface area contributed by atoms with Crippen LogP contribution in [-0.4, -0.2) is 49.7 Å². The minimum absolute atomic E-state index is 0.117. The summed E-state index contributed by atoms with van der Waals surface area (Å²) in [7, 11) is 0. The molecule has 0 unspecified atom stereocenters.